The van der Waals surface area contributed by atoms with Crippen LogP contribution < -0.4 is 0 Å². The molecule has 3 rings (SSSR count). The molecule has 0 saturated carbocycles. The van der Waals surface area contributed by atoms with Crippen LogP contribution in [0.5, 0.6) is 0 Å². The van der Waals surface area contributed by atoms with Crippen molar-refractivity contribution < 1.29 is 8.83 Å². The van der Waals surface area contributed by atoms with Gasteiger partial charge in [0.2, 0.25) is 11.8 Å². The smallest absolute Gasteiger partial charge is 0.247 e. The normalized spacial score (nSPS) is 10.6. The number of nitrogens with zero attached hydrogens (tertiary/aromatic N) is 2. The molecule has 4 nitrogen and oxygen atoms in total. The Labute approximate surface area is 97.9 Å². The van der Waals surface area contributed by atoms with Crippen molar-refractivity contribution in [3.05, 3.63) is 48.6 Å². The molecule has 84 valence electrons. The molecule has 1 aromatic carbocycles. The van der Waals surface area contributed by atoms with Gasteiger partial charge in [0.15, 0.2) is 0 Å². The second-order valence-electron chi connectivity index (χ2n) is 3.68. The van der Waals surface area contributed by atoms with Crippen molar-refractivity contribution in [3.63, 3.8) is 0 Å². The fourth-order valence-corrected chi connectivity index (χ4v) is 1.66. The molecule has 17 heavy (non-hydrogen) atoms. The van der Waals surface area contributed by atoms with E-state index in [-0.39, 0.29) is 0 Å². The highest BCUT2D eigenvalue weighted by molar-refractivity contribution is 5.66. The van der Waals surface area contributed by atoms with Crippen LogP contribution in [0.4, 0.5) is 0 Å². The van der Waals surface area contributed by atoms with Crippen molar-refractivity contribution in [1.82, 2.24) is 10.2 Å². The Hall–Kier alpha value is -2.36. The Bertz CT molecular complexity index is 626. The molecule has 2 aromatic heterocycles. The molecule has 0 N–H and O–H groups in total. The number of rotatable bonds is 2. The maximum absolute atomic E-state index is 5.39. The van der Waals surface area contributed by atoms with Crippen LogP contribution in [0.2, 0.25) is 0 Å². The summed E-state index contributed by atoms with van der Waals surface area (Å²) in [5.41, 5.74) is 1.88. The summed E-state index contributed by atoms with van der Waals surface area (Å²) in [5.74, 6) is 1.90. The molecule has 0 unspecified atom stereocenters. The molecule has 0 fully saturated rings. The summed E-state index contributed by atoms with van der Waals surface area (Å²) in [6, 6.07) is 11.6. The van der Waals surface area contributed by atoms with Crippen molar-refractivity contribution in [2.24, 2.45) is 0 Å². The minimum atomic E-state index is 0.524. The zero-order chi connectivity index (χ0) is 11.7. The predicted molar refractivity (Wildman–Crippen MR) is 62.2 cm³/mol. The quantitative estimate of drug-likeness (QED) is 0.672. The Kier molecular flexibility index (Phi) is 2.26. The minimum absolute atomic E-state index is 0.524. The Morgan fingerprint density at radius 2 is 1.88 bits per heavy atom. The van der Waals surface area contributed by atoms with E-state index in [1.165, 1.54) is 0 Å². The van der Waals surface area contributed by atoms with Gasteiger partial charge in [0.1, 0.15) is 5.76 Å². The van der Waals surface area contributed by atoms with E-state index in [9.17, 15) is 0 Å². The molecule has 4 heteroatoms. The van der Waals surface area contributed by atoms with Crippen LogP contribution in [0.1, 0.15) is 5.89 Å². The van der Waals surface area contributed by atoms with Crippen molar-refractivity contribution in [3.8, 4) is 22.8 Å². The van der Waals surface area contributed by atoms with Crippen LogP contribution in [0.25, 0.3) is 22.8 Å². The van der Waals surface area contributed by atoms with E-state index in [1.54, 1.807) is 13.2 Å². The standard InChI is InChI=1S/C13H10N2O2/c1-9-14-15-13(17-9)11-5-2-4-10(8-11)12-6-3-7-16-12/h2-8H,1H3. The molecule has 0 radical (unpaired) electrons. The number of hydrogen-bond donors (Lipinski definition) is 0. The summed E-state index contributed by atoms with van der Waals surface area (Å²) in [5, 5.41) is 7.81. The summed E-state index contributed by atoms with van der Waals surface area (Å²) >= 11 is 0. The van der Waals surface area contributed by atoms with Gasteiger partial charge in [-0.3, -0.25) is 0 Å². The SMILES string of the molecule is Cc1nnc(-c2cccc(-c3ccco3)c2)o1. The maximum atomic E-state index is 5.39. The molecule has 0 atom stereocenters. The third-order valence-corrected chi connectivity index (χ3v) is 2.44. The maximum Gasteiger partial charge on any atom is 0.247 e. The Morgan fingerprint density at radius 1 is 1.00 bits per heavy atom. The number of benzene rings is 1. The van der Waals surface area contributed by atoms with Crippen LogP contribution in [0.3, 0.4) is 0 Å². The lowest BCUT2D eigenvalue weighted by atomic mass is 10.1. The van der Waals surface area contributed by atoms with Gasteiger partial charge < -0.3 is 8.83 Å². The lowest BCUT2D eigenvalue weighted by molar-refractivity contribution is 0.533. The molecule has 0 aliphatic carbocycles. The fourth-order valence-electron chi connectivity index (χ4n) is 1.66. The van der Waals surface area contributed by atoms with Gasteiger partial charge in [-0.25, -0.2) is 0 Å². The van der Waals surface area contributed by atoms with Crippen molar-refractivity contribution in [2.75, 3.05) is 0 Å². The molecule has 0 saturated heterocycles. The van der Waals surface area contributed by atoms with Gasteiger partial charge in [-0.05, 0) is 24.3 Å². The first kappa shape index (κ1) is 9.84. The first-order chi connectivity index (χ1) is 8.33. The van der Waals surface area contributed by atoms with E-state index in [0.717, 1.165) is 16.9 Å². The summed E-state index contributed by atoms with van der Waals surface area (Å²) in [4.78, 5) is 0. The topological polar surface area (TPSA) is 52.1 Å². The molecule has 3 aromatic rings. The van der Waals surface area contributed by atoms with Crippen LogP contribution >= 0.6 is 0 Å². The zero-order valence-corrected chi connectivity index (χ0v) is 9.25. The Balaban J connectivity index is 2.05. The lowest BCUT2D eigenvalue weighted by Gasteiger charge is -1.99. The molecule has 0 bridgehead atoms. The lowest BCUT2D eigenvalue weighted by Crippen LogP contribution is -1.80. The summed E-state index contributed by atoms with van der Waals surface area (Å²) < 4.78 is 10.7. The largest absolute Gasteiger partial charge is 0.464 e. The highest BCUT2D eigenvalue weighted by Gasteiger charge is 2.08. The van der Waals surface area contributed by atoms with Gasteiger partial charge >= 0.3 is 0 Å². The average Bonchev–Trinajstić information content (AvgIpc) is 3.00. The summed E-state index contributed by atoms with van der Waals surface area (Å²) in [6.07, 6.45) is 1.65. The van der Waals surface area contributed by atoms with E-state index in [4.69, 9.17) is 8.83 Å². The number of aromatic nitrogens is 2. The molecule has 0 spiro atoms. The zero-order valence-electron chi connectivity index (χ0n) is 9.25. The number of hydrogen-bond acceptors (Lipinski definition) is 4. The van der Waals surface area contributed by atoms with Gasteiger partial charge in [-0.2, -0.15) is 0 Å². The van der Waals surface area contributed by atoms with Gasteiger partial charge in [0.05, 0.1) is 6.26 Å². The molecule has 2 heterocycles. The van der Waals surface area contributed by atoms with Crippen molar-refractivity contribution in [2.45, 2.75) is 6.92 Å². The van der Waals surface area contributed by atoms with Gasteiger partial charge in [0, 0.05) is 18.1 Å². The van der Waals surface area contributed by atoms with Gasteiger partial charge in [0.25, 0.3) is 0 Å². The van der Waals surface area contributed by atoms with Gasteiger partial charge in [-0.15, -0.1) is 10.2 Å². The summed E-state index contributed by atoms with van der Waals surface area (Å²) in [6.45, 7) is 1.77. The third kappa shape index (κ3) is 1.85. The highest BCUT2D eigenvalue weighted by atomic mass is 16.4. The van der Waals surface area contributed by atoms with E-state index < -0.39 is 0 Å². The van der Waals surface area contributed by atoms with Crippen molar-refractivity contribution >= 4 is 0 Å². The average molecular weight is 226 g/mol. The molecule has 0 aliphatic rings. The molecular formula is C13H10N2O2. The molecule has 0 aliphatic heterocycles. The highest BCUT2D eigenvalue weighted by Crippen LogP contribution is 2.25. The van der Waals surface area contributed by atoms with Crippen LogP contribution in [0, 0.1) is 6.92 Å². The van der Waals surface area contributed by atoms with E-state index in [2.05, 4.69) is 10.2 Å². The molecule has 0 amide bonds. The van der Waals surface area contributed by atoms with Gasteiger partial charge in [-0.1, -0.05) is 12.1 Å². The first-order valence-corrected chi connectivity index (χ1v) is 5.27. The third-order valence-electron chi connectivity index (χ3n) is 2.44. The number of furan rings is 1. The van der Waals surface area contributed by atoms with Crippen LogP contribution in [-0.2, 0) is 0 Å². The summed E-state index contributed by atoms with van der Waals surface area (Å²) in [7, 11) is 0. The molecular weight excluding hydrogens is 216 g/mol. The fraction of sp³-hybridized carbons (Fsp3) is 0.0769. The van der Waals surface area contributed by atoms with E-state index >= 15 is 0 Å². The second kappa shape index (κ2) is 3.90. The Morgan fingerprint density at radius 3 is 2.59 bits per heavy atom. The van der Waals surface area contributed by atoms with Crippen LogP contribution in [-0.4, -0.2) is 10.2 Å². The van der Waals surface area contributed by atoms with Crippen molar-refractivity contribution in [1.29, 1.82) is 0 Å². The van der Waals surface area contributed by atoms with E-state index in [1.807, 2.05) is 36.4 Å². The monoisotopic (exact) mass is 226 g/mol. The number of aryl methyl sites for hydroxylation is 1. The first-order valence-electron chi connectivity index (χ1n) is 5.27. The van der Waals surface area contributed by atoms with Crippen LogP contribution in [0.15, 0.2) is 51.5 Å². The minimum Gasteiger partial charge on any atom is -0.464 e. The predicted octanol–water partition coefficient (Wildman–Crippen LogP) is 3.31. The second-order valence-corrected chi connectivity index (χ2v) is 3.68. The van der Waals surface area contributed by atoms with E-state index in [0.29, 0.717) is 11.8 Å².